The maximum atomic E-state index is 12.1. The van der Waals surface area contributed by atoms with Gasteiger partial charge in [0.1, 0.15) is 12.7 Å². The molecule has 1 aromatic carbocycles. The molecule has 3 nitrogen and oxygen atoms in total. The zero-order chi connectivity index (χ0) is 15.2. The molecule has 1 unspecified atom stereocenters. The number of anilines is 1. The summed E-state index contributed by atoms with van der Waals surface area (Å²) in [6.45, 7) is 3.59. The van der Waals surface area contributed by atoms with Gasteiger partial charge in [-0.25, -0.2) is 0 Å². The molecule has 0 N–H and O–H groups in total. The van der Waals surface area contributed by atoms with Gasteiger partial charge in [-0.1, -0.05) is 24.3 Å². The van der Waals surface area contributed by atoms with Crippen LogP contribution in [0.1, 0.15) is 6.92 Å². The highest BCUT2D eigenvalue weighted by atomic mass is 19.4. The molecule has 0 aliphatic rings. The number of alkyl halides is 3. The minimum absolute atomic E-state index is 0.197. The summed E-state index contributed by atoms with van der Waals surface area (Å²) in [6, 6.07) is 8.64. The number of benzene rings is 1. The summed E-state index contributed by atoms with van der Waals surface area (Å²) < 4.78 is 40.8. The van der Waals surface area contributed by atoms with E-state index in [0.29, 0.717) is 5.69 Å². The predicted molar refractivity (Wildman–Crippen MR) is 70.5 cm³/mol. The highest BCUT2D eigenvalue weighted by Gasteiger charge is 2.31. The lowest BCUT2D eigenvalue weighted by Gasteiger charge is -2.25. The normalized spacial score (nSPS) is 12.8. The van der Waals surface area contributed by atoms with Gasteiger partial charge in [0.2, 0.25) is 0 Å². The van der Waals surface area contributed by atoms with Crippen LogP contribution in [0.2, 0.25) is 0 Å². The Hall–Kier alpha value is -1.82. The number of carbonyl (C=O) groups excluding carboxylic acids is 1. The van der Waals surface area contributed by atoms with Crippen molar-refractivity contribution < 1.29 is 22.7 Å². The first-order valence-corrected chi connectivity index (χ1v) is 6.01. The Labute approximate surface area is 115 Å². The van der Waals surface area contributed by atoms with E-state index in [9.17, 15) is 18.0 Å². The van der Waals surface area contributed by atoms with Crippen molar-refractivity contribution in [1.82, 2.24) is 0 Å². The van der Waals surface area contributed by atoms with E-state index in [-0.39, 0.29) is 6.54 Å². The number of nitrogens with zero attached hydrogens (tertiary/aromatic N) is 1. The molecular weight excluding hydrogens is 271 g/mol. The van der Waals surface area contributed by atoms with Crippen LogP contribution in [-0.2, 0) is 9.53 Å². The zero-order valence-electron chi connectivity index (χ0n) is 11.1. The molecule has 110 valence electrons. The molecular formula is C14H16F3NO2. The van der Waals surface area contributed by atoms with Gasteiger partial charge in [0, 0.05) is 12.2 Å². The summed E-state index contributed by atoms with van der Waals surface area (Å²) in [5.74, 6) is -0.541. The molecule has 0 saturated heterocycles. The lowest BCUT2D eigenvalue weighted by atomic mass is 10.2. The molecule has 0 saturated carbocycles. The Bertz CT molecular complexity index is 445. The second-order valence-electron chi connectivity index (χ2n) is 4.14. The van der Waals surface area contributed by atoms with Crippen molar-refractivity contribution in [1.29, 1.82) is 0 Å². The van der Waals surface area contributed by atoms with E-state index in [1.165, 1.54) is 17.9 Å². The highest BCUT2D eigenvalue weighted by molar-refractivity contribution is 5.96. The van der Waals surface area contributed by atoms with Gasteiger partial charge in [0.25, 0.3) is 5.91 Å². The van der Waals surface area contributed by atoms with Gasteiger partial charge >= 0.3 is 6.18 Å². The van der Waals surface area contributed by atoms with E-state index < -0.39 is 24.8 Å². The Morgan fingerprint density at radius 2 is 2.00 bits per heavy atom. The van der Waals surface area contributed by atoms with E-state index >= 15 is 0 Å². The SMILES string of the molecule is C=CCN(C(=O)C(C)OCC(F)(F)F)c1ccccc1. The van der Waals surface area contributed by atoms with Gasteiger partial charge in [0.15, 0.2) is 0 Å². The van der Waals surface area contributed by atoms with Crippen LogP contribution in [0.5, 0.6) is 0 Å². The molecule has 6 heteroatoms. The summed E-state index contributed by atoms with van der Waals surface area (Å²) in [6.07, 6.45) is -4.14. The summed E-state index contributed by atoms with van der Waals surface area (Å²) in [5, 5.41) is 0. The van der Waals surface area contributed by atoms with Gasteiger partial charge in [-0.05, 0) is 19.1 Å². The van der Waals surface area contributed by atoms with Crippen LogP contribution in [-0.4, -0.2) is 31.3 Å². The molecule has 0 aromatic heterocycles. The molecule has 0 bridgehead atoms. The first-order valence-electron chi connectivity index (χ1n) is 6.01. The average Bonchev–Trinajstić information content (AvgIpc) is 2.41. The molecule has 20 heavy (non-hydrogen) atoms. The van der Waals surface area contributed by atoms with E-state index in [1.54, 1.807) is 30.3 Å². The van der Waals surface area contributed by atoms with E-state index in [0.717, 1.165) is 0 Å². The Morgan fingerprint density at radius 3 is 2.50 bits per heavy atom. The second kappa shape index (κ2) is 7.09. The number of carbonyl (C=O) groups is 1. The number of rotatable bonds is 6. The van der Waals surface area contributed by atoms with Crippen molar-refractivity contribution >= 4 is 11.6 Å². The van der Waals surface area contributed by atoms with Crippen LogP contribution in [0, 0.1) is 0 Å². The Morgan fingerprint density at radius 1 is 1.40 bits per heavy atom. The molecule has 0 aliphatic heterocycles. The number of para-hydroxylation sites is 1. The third-order valence-electron chi connectivity index (χ3n) is 2.49. The van der Waals surface area contributed by atoms with E-state index in [4.69, 9.17) is 0 Å². The molecule has 0 spiro atoms. The molecule has 0 radical (unpaired) electrons. The van der Waals surface area contributed by atoms with Crippen LogP contribution in [0.3, 0.4) is 0 Å². The lowest BCUT2D eigenvalue weighted by molar-refractivity contribution is -0.185. The third-order valence-corrected chi connectivity index (χ3v) is 2.49. The number of hydrogen-bond donors (Lipinski definition) is 0. The molecule has 0 fully saturated rings. The van der Waals surface area contributed by atoms with Crippen molar-refractivity contribution in [2.75, 3.05) is 18.1 Å². The van der Waals surface area contributed by atoms with E-state index in [2.05, 4.69) is 11.3 Å². The van der Waals surface area contributed by atoms with Gasteiger partial charge in [0.05, 0.1) is 0 Å². The summed E-state index contributed by atoms with van der Waals surface area (Å²) in [5.41, 5.74) is 0.583. The van der Waals surface area contributed by atoms with Crippen LogP contribution >= 0.6 is 0 Å². The minimum Gasteiger partial charge on any atom is -0.359 e. The van der Waals surface area contributed by atoms with Crippen molar-refractivity contribution in [3.63, 3.8) is 0 Å². The fraction of sp³-hybridized carbons (Fsp3) is 0.357. The second-order valence-corrected chi connectivity index (χ2v) is 4.14. The van der Waals surface area contributed by atoms with Crippen molar-refractivity contribution in [2.45, 2.75) is 19.2 Å². The Balaban J connectivity index is 2.76. The van der Waals surface area contributed by atoms with Crippen LogP contribution in [0.15, 0.2) is 43.0 Å². The monoisotopic (exact) mass is 287 g/mol. The average molecular weight is 287 g/mol. The molecule has 1 rings (SSSR count). The Kier molecular flexibility index (Phi) is 5.76. The highest BCUT2D eigenvalue weighted by Crippen LogP contribution is 2.18. The predicted octanol–water partition coefficient (Wildman–Crippen LogP) is 3.17. The quantitative estimate of drug-likeness (QED) is 0.752. The minimum atomic E-state index is -4.45. The summed E-state index contributed by atoms with van der Waals surface area (Å²) >= 11 is 0. The number of halogens is 3. The van der Waals surface area contributed by atoms with Crippen LogP contribution in [0.4, 0.5) is 18.9 Å². The van der Waals surface area contributed by atoms with E-state index in [1.807, 2.05) is 0 Å². The first-order chi connectivity index (χ1) is 9.35. The smallest absolute Gasteiger partial charge is 0.359 e. The van der Waals surface area contributed by atoms with Crippen molar-refractivity contribution in [3.05, 3.63) is 43.0 Å². The van der Waals surface area contributed by atoms with Crippen LogP contribution in [0.25, 0.3) is 0 Å². The largest absolute Gasteiger partial charge is 0.411 e. The third kappa shape index (κ3) is 5.05. The number of ether oxygens (including phenoxy) is 1. The van der Waals surface area contributed by atoms with Crippen molar-refractivity contribution in [2.24, 2.45) is 0 Å². The summed E-state index contributed by atoms with van der Waals surface area (Å²) in [4.78, 5) is 13.5. The van der Waals surface area contributed by atoms with Crippen LogP contribution < -0.4 is 4.90 Å². The van der Waals surface area contributed by atoms with Gasteiger partial charge in [-0.15, -0.1) is 6.58 Å². The van der Waals surface area contributed by atoms with Gasteiger partial charge in [-0.3, -0.25) is 4.79 Å². The van der Waals surface area contributed by atoms with Gasteiger partial charge < -0.3 is 9.64 Å². The fourth-order valence-corrected chi connectivity index (χ4v) is 1.57. The number of amides is 1. The molecule has 1 amide bonds. The maximum Gasteiger partial charge on any atom is 0.411 e. The molecule has 0 aliphatic carbocycles. The maximum absolute atomic E-state index is 12.1. The topological polar surface area (TPSA) is 29.5 Å². The first kappa shape index (κ1) is 16.2. The summed E-state index contributed by atoms with van der Waals surface area (Å²) in [7, 11) is 0. The van der Waals surface area contributed by atoms with Gasteiger partial charge in [-0.2, -0.15) is 13.2 Å². The molecule has 1 atom stereocenters. The fourth-order valence-electron chi connectivity index (χ4n) is 1.57. The van der Waals surface area contributed by atoms with Crippen molar-refractivity contribution in [3.8, 4) is 0 Å². The number of hydrogen-bond acceptors (Lipinski definition) is 2. The molecule has 0 heterocycles. The molecule has 1 aromatic rings. The standard InChI is InChI=1S/C14H16F3NO2/c1-3-9-18(12-7-5-4-6-8-12)13(19)11(2)20-10-14(15,16)17/h3-8,11H,1,9-10H2,2H3. The zero-order valence-corrected chi connectivity index (χ0v) is 11.1. The lowest BCUT2D eigenvalue weighted by Crippen LogP contribution is -2.40.